The van der Waals surface area contributed by atoms with E-state index < -0.39 is 0 Å². The molecule has 1 aromatic rings. The van der Waals surface area contributed by atoms with Crippen molar-refractivity contribution in [3.05, 3.63) is 23.9 Å². The van der Waals surface area contributed by atoms with Crippen LogP contribution in [0.2, 0.25) is 0 Å². The van der Waals surface area contributed by atoms with E-state index in [4.69, 9.17) is 4.74 Å². The second kappa shape index (κ2) is 7.66. The molecule has 1 aromatic heterocycles. The van der Waals surface area contributed by atoms with Gasteiger partial charge in [-0.05, 0) is 50.0 Å². The highest BCUT2D eigenvalue weighted by Crippen LogP contribution is 2.24. The van der Waals surface area contributed by atoms with Crippen LogP contribution in [-0.4, -0.2) is 23.2 Å². The summed E-state index contributed by atoms with van der Waals surface area (Å²) in [5, 5.41) is 5.97. The summed E-state index contributed by atoms with van der Waals surface area (Å²) < 4.78 is 5.85. The second-order valence-electron chi connectivity index (χ2n) is 6.87. The highest BCUT2D eigenvalue weighted by Gasteiger charge is 2.24. The molecule has 0 radical (unpaired) electrons. The first-order chi connectivity index (χ1) is 11.2. The lowest BCUT2D eigenvalue weighted by molar-refractivity contribution is 0.201. The van der Waals surface area contributed by atoms with E-state index in [1.165, 1.54) is 25.7 Å². The third-order valence-corrected chi connectivity index (χ3v) is 5.02. The lowest BCUT2D eigenvalue weighted by atomic mass is 10.1. The largest absolute Gasteiger partial charge is 0.474 e. The molecule has 2 unspecified atom stereocenters. The van der Waals surface area contributed by atoms with Gasteiger partial charge in [0.2, 0.25) is 5.88 Å². The van der Waals surface area contributed by atoms with Crippen LogP contribution in [0.25, 0.3) is 0 Å². The van der Waals surface area contributed by atoms with Gasteiger partial charge in [0.25, 0.3) is 0 Å². The van der Waals surface area contributed by atoms with Crippen molar-refractivity contribution in [1.82, 2.24) is 15.6 Å². The maximum Gasteiger partial charge on any atom is 0.315 e. The molecule has 0 aromatic carbocycles. The lowest BCUT2D eigenvalue weighted by Gasteiger charge is -2.17. The van der Waals surface area contributed by atoms with Crippen molar-refractivity contribution in [3.8, 4) is 5.88 Å². The van der Waals surface area contributed by atoms with Crippen LogP contribution in [0.1, 0.15) is 57.4 Å². The Bertz CT molecular complexity index is 512. The highest BCUT2D eigenvalue weighted by atomic mass is 16.5. The van der Waals surface area contributed by atoms with Crippen molar-refractivity contribution < 1.29 is 9.53 Å². The molecule has 0 aliphatic heterocycles. The Hall–Kier alpha value is -1.78. The summed E-state index contributed by atoms with van der Waals surface area (Å²) in [7, 11) is 0. The van der Waals surface area contributed by atoms with Crippen molar-refractivity contribution in [2.24, 2.45) is 5.92 Å². The maximum absolute atomic E-state index is 11.9. The molecule has 1 heterocycles. The number of carbonyl (C=O) groups excluding carboxylic acids is 1. The summed E-state index contributed by atoms with van der Waals surface area (Å²) in [6, 6.07) is 4.09. The first kappa shape index (κ1) is 16.1. The van der Waals surface area contributed by atoms with Gasteiger partial charge in [0, 0.05) is 24.8 Å². The van der Waals surface area contributed by atoms with E-state index in [9.17, 15) is 4.79 Å². The number of nitrogens with zero attached hydrogens (tertiary/aromatic N) is 1. The van der Waals surface area contributed by atoms with Gasteiger partial charge in [-0.1, -0.05) is 19.4 Å². The normalized spacial score (nSPS) is 24.6. The Morgan fingerprint density at radius 1 is 1.22 bits per heavy atom. The number of hydrogen-bond donors (Lipinski definition) is 2. The average Bonchev–Trinajstić information content (AvgIpc) is 3.19. The topological polar surface area (TPSA) is 63.2 Å². The molecule has 5 heteroatoms. The van der Waals surface area contributed by atoms with Gasteiger partial charge in [0.15, 0.2) is 0 Å². The molecule has 126 valence electrons. The Morgan fingerprint density at radius 2 is 2.04 bits per heavy atom. The molecule has 3 rings (SSSR count). The summed E-state index contributed by atoms with van der Waals surface area (Å²) in [5.41, 5.74) is 0.985. The Labute approximate surface area is 138 Å². The molecule has 0 saturated heterocycles. The number of hydrogen-bond acceptors (Lipinski definition) is 3. The number of carbonyl (C=O) groups is 1. The van der Waals surface area contributed by atoms with Crippen LogP contribution >= 0.6 is 0 Å². The van der Waals surface area contributed by atoms with Gasteiger partial charge in [0.05, 0.1) is 0 Å². The van der Waals surface area contributed by atoms with E-state index in [-0.39, 0.29) is 6.03 Å². The summed E-state index contributed by atoms with van der Waals surface area (Å²) >= 11 is 0. The van der Waals surface area contributed by atoms with Crippen molar-refractivity contribution in [2.75, 3.05) is 0 Å². The predicted octanol–water partition coefficient (Wildman–Crippen LogP) is 3.39. The number of rotatable bonds is 5. The number of nitrogens with one attached hydrogen (secondary N) is 2. The highest BCUT2D eigenvalue weighted by molar-refractivity contribution is 5.74. The molecule has 0 spiro atoms. The number of amides is 2. The van der Waals surface area contributed by atoms with Gasteiger partial charge in [-0.25, -0.2) is 9.78 Å². The number of urea groups is 1. The van der Waals surface area contributed by atoms with Gasteiger partial charge in [-0.2, -0.15) is 0 Å². The van der Waals surface area contributed by atoms with E-state index in [0.717, 1.165) is 24.8 Å². The van der Waals surface area contributed by atoms with Crippen LogP contribution in [-0.2, 0) is 6.54 Å². The quantitative estimate of drug-likeness (QED) is 0.875. The SMILES string of the molecule is CC1CCCC1NC(=O)NCc1ccc(OC2CCCC2)nc1. The monoisotopic (exact) mass is 317 g/mol. The average molecular weight is 317 g/mol. The summed E-state index contributed by atoms with van der Waals surface area (Å²) in [6.07, 6.45) is 10.4. The molecule has 2 aliphatic carbocycles. The van der Waals surface area contributed by atoms with Crippen LogP contribution in [0.3, 0.4) is 0 Å². The Balaban J connectivity index is 1.41. The molecule has 2 amide bonds. The van der Waals surface area contributed by atoms with Crippen molar-refractivity contribution in [2.45, 2.75) is 70.6 Å². The zero-order chi connectivity index (χ0) is 16.1. The third kappa shape index (κ3) is 4.60. The van der Waals surface area contributed by atoms with E-state index in [1.54, 1.807) is 6.20 Å². The van der Waals surface area contributed by atoms with Gasteiger partial charge in [-0.3, -0.25) is 0 Å². The summed E-state index contributed by atoms with van der Waals surface area (Å²) in [4.78, 5) is 16.3. The van der Waals surface area contributed by atoms with Gasteiger partial charge in [-0.15, -0.1) is 0 Å². The lowest BCUT2D eigenvalue weighted by Crippen LogP contribution is -2.42. The van der Waals surface area contributed by atoms with Crippen molar-refractivity contribution in [1.29, 1.82) is 0 Å². The minimum absolute atomic E-state index is 0.0879. The number of aromatic nitrogens is 1. The first-order valence-corrected chi connectivity index (χ1v) is 8.86. The molecule has 5 nitrogen and oxygen atoms in total. The minimum atomic E-state index is -0.0879. The molecular weight excluding hydrogens is 290 g/mol. The molecule has 2 fully saturated rings. The van der Waals surface area contributed by atoms with Gasteiger partial charge >= 0.3 is 6.03 Å². The molecule has 23 heavy (non-hydrogen) atoms. The molecule has 2 atom stereocenters. The third-order valence-electron chi connectivity index (χ3n) is 5.02. The molecule has 2 saturated carbocycles. The van der Waals surface area contributed by atoms with Crippen LogP contribution in [0.4, 0.5) is 4.79 Å². The second-order valence-corrected chi connectivity index (χ2v) is 6.87. The minimum Gasteiger partial charge on any atom is -0.474 e. The van der Waals surface area contributed by atoms with E-state index in [0.29, 0.717) is 30.5 Å². The summed E-state index contributed by atoms with van der Waals surface area (Å²) in [5.74, 6) is 1.26. The van der Waals surface area contributed by atoms with Gasteiger partial charge in [0.1, 0.15) is 6.10 Å². The zero-order valence-electron chi connectivity index (χ0n) is 13.9. The fourth-order valence-corrected chi connectivity index (χ4v) is 3.52. The van der Waals surface area contributed by atoms with Crippen LogP contribution in [0, 0.1) is 5.92 Å². The standard InChI is InChI=1S/C18H27N3O2/c1-13-5-4-8-16(13)21-18(22)20-12-14-9-10-17(19-11-14)23-15-6-2-3-7-15/h9-11,13,15-16H,2-8,12H2,1H3,(H2,20,21,22). The van der Waals surface area contributed by atoms with Crippen LogP contribution in [0.15, 0.2) is 18.3 Å². The molecular formula is C18H27N3O2. The molecule has 2 N–H and O–H groups in total. The van der Waals surface area contributed by atoms with E-state index in [1.807, 2.05) is 12.1 Å². The Kier molecular flexibility index (Phi) is 5.36. The smallest absolute Gasteiger partial charge is 0.315 e. The predicted molar refractivity (Wildman–Crippen MR) is 89.3 cm³/mol. The van der Waals surface area contributed by atoms with Crippen molar-refractivity contribution >= 4 is 6.03 Å². The van der Waals surface area contributed by atoms with Crippen molar-refractivity contribution in [3.63, 3.8) is 0 Å². The van der Waals surface area contributed by atoms with E-state index >= 15 is 0 Å². The van der Waals surface area contributed by atoms with Gasteiger partial charge < -0.3 is 15.4 Å². The number of pyridine rings is 1. The van der Waals surface area contributed by atoms with Crippen LogP contribution in [0.5, 0.6) is 5.88 Å². The maximum atomic E-state index is 11.9. The summed E-state index contributed by atoms with van der Waals surface area (Å²) in [6.45, 7) is 2.69. The fraction of sp³-hybridized carbons (Fsp3) is 0.667. The Morgan fingerprint density at radius 3 is 2.70 bits per heavy atom. The fourth-order valence-electron chi connectivity index (χ4n) is 3.52. The number of ether oxygens (including phenoxy) is 1. The molecule has 2 aliphatic rings. The zero-order valence-corrected chi connectivity index (χ0v) is 13.9. The van der Waals surface area contributed by atoms with E-state index in [2.05, 4.69) is 22.5 Å². The van der Waals surface area contributed by atoms with Crippen LogP contribution < -0.4 is 15.4 Å². The molecule has 0 bridgehead atoms. The first-order valence-electron chi connectivity index (χ1n) is 8.86.